The predicted octanol–water partition coefficient (Wildman–Crippen LogP) is 3.94. The molecule has 0 bridgehead atoms. The smallest absolute Gasteiger partial charge is 0.252 e. The summed E-state index contributed by atoms with van der Waals surface area (Å²) >= 11 is 6.34. The molecule has 1 heterocycles. The molecule has 1 N–H and O–H groups in total. The number of aliphatic imine (C=N–C) groups is 1. The number of fused-ring (bicyclic) bond motifs is 1. The van der Waals surface area contributed by atoms with Gasteiger partial charge >= 0.3 is 0 Å². The highest BCUT2D eigenvalue weighted by atomic mass is 35.5. The van der Waals surface area contributed by atoms with Crippen LogP contribution < -0.4 is 9.62 Å². The highest BCUT2D eigenvalue weighted by molar-refractivity contribution is 7.90. The van der Waals surface area contributed by atoms with E-state index in [0.29, 0.717) is 34.8 Å². The van der Waals surface area contributed by atoms with Crippen molar-refractivity contribution < 1.29 is 18.0 Å². The molecule has 1 aliphatic heterocycles. The van der Waals surface area contributed by atoms with Crippen LogP contribution in [-0.4, -0.2) is 43.8 Å². The first-order valence-electron chi connectivity index (χ1n) is 11.5. The van der Waals surface area contributed by atoms with Crippen molar-refractivity contribution in [2.45, 2.75) is 50.8 Å². The minimum absolute atomic E-state index is 0.0318. The second kappa shape index (κ2) is 9.88. The Balaban J connectivity index is 1.71. The Hall–Kier alpha value is -2.71. The second-order valence-electron chi connectivity index (χ2n) is 8.85. The lowest BCUT2D eigenvalue weighted by Crippen LogP contribution is -2.43. The largest absolute Gasteiger partial charge is 0.309 e. The van der Waals surface area contributed by atoms with Crippen molar-refractivity contribution in [3.63, 3.8) is 0 Å². The summed E-state index contributed by atoms with van der Waals surface area (Å²) in [5.41, 5.74) is 2.83. The van der Waals surface area contributed by atoms with E-state index in [1.165, 1.54) is 0 Å². The molecule has 0 radical (unpaired) electrons. The molecule has 2 amide bonds. The number of benzodiazepines with no additional fused rings is 1. The van der Waals surface area contributed by atoms with Crippen LogP contribution in [0.1, 0.15) is 50.7 Å². The van der Waals surface area contributed by atoms with Crippen molar-refractivity contribution in [1.82, 2.24) is 4.72 Å². The van der Waals surface area contributed by atoms with E-state index in [4.69, 9.17) is 16.6 Å². The molecular formula is C25H28ClN3O4S. The lowest BCUT2D eigenvalue weighted by molar-refractivity contribution is -0.121. The van der Waals surface area contributed by atoms with Gasteiger partial charge in [-0.05, 0) is 37.0 Å². The molecule has 34 heavy (non-hydrogen) atoms. The number of nitrogens with one attached hydrogen (secondary N) is 1. The zero-order valence-corrected chi connectivity index (χ0v) is 20.8. The molecule has 2 atom stereocenters. The Morgan fingerprint density at radius 2 is 1.91 bits per heavy atom. The highest BCUT2D eigenvalue weighted by Gasteiger charge is 2.38. The maximum atomic E-state index is 13.7. The number of benzene rings is 2. The van der Waals surface area contributed by atoms with Crippen molar-refractivity contribution >= 4 is 44.8 Å². The fourth-order valence-corrected chi connectivity index (χ4v) is 5.53. The third-order valence-electron chi connectivity index (χ3n) is 6.30. The Kier molecular flexibility index (Phi) is 7.09. The summed E-state index contributed by atoms with van der Waals surface area (Å²) in [4.78, 5) is 32.7. The van der Waals surface area contributed by atoms with Gasteiger partial charge in [-0.25, -0.2) is 8.42 Å². The number of carbonyl (C=O) groups is 2. The summed E-state index contributed by atoms with van der Waals surface area (Å²) in [6.07, 6.45) is 1.73. The monoisotopic (exact) mass is 501 g/mol. The second-order valence-corrected chi connectivity index (χ2v) is 11.2. The maximum Gasteiger partial charge on any atom is 0.252 e. The molecule has 7 nitrogen and oxygen atoms in total. The first-order valence-corrected chi connectivity index (χ1v) is 13.4. The van der Waals surface area contributed by atoms with Gasteiger partial charge in [-0.2, -0.15) is 0 Å². The van der Waals surface area contributed by atoms with Crippen LogP contribution in [0, 0.1) is 5.92 Å². The Morgan fingerprint density at radius 3 is 2.56 bits per heavy atom. The molecule has 2 aliphatic rings. The first kappa shape index (κ1) is 24.4. The molecule has 0 spiro atoms. The lowest BCUT2D eigenvalue weighted by atomic mass is 9.98. The van der Waals surface area contributed by atoms with Gasteiger partial charge in [0.15, 0.2) is 0 Å². The van der Waals surface area contributed by atoms with Crippen LogP contribution in [0.2, 0.25) is 5.02 Å². The molecule has 1 fully saturated rings. The van der Waals surface area contributed by atoms with Gasteiger partial charge in [0.05, 0.1) is 16.6 Å². The number of halogens is 1. The van der Waals surface area contributed by atoms with Crippen LogP contribution in [0.5, 0.6) is 0 Å². The molecule has 1 aliphatic carbocycles. The van der Waals surface area contributed by atoms with Gasteiger partial charge in [0, 0.05) is 29.1 Å². The molecular weight excluding hydrogens is 474 g/mol. The zero-order chi connectivity index (χ0) is 24.5. The van der Waals surface area contributed by atoms with Gasteiger partial charge in [0.25, 0.3) is 5.91 Å². The molecule has 0 saturated heterocycles. The number of carbonyl (C=O) groups excluding carboxylic acids is 2. The van der Waals surface area contributed by atoms with Crippen LogP contribution in [-0.2, 0) is 19.6 Å². The third kappa shape index (κ3) is 5.18. The molecule has 1 unspecified atom stereocenters. The Morgan fingerprint density at radius 1 is 1.21 bits per heavy atom. The number of hydrogen-bond donors (Lipinski definition) is 1. The van der Waals surface area contributed by atoms with Crippen molar-refractivity contribution in [2.24, 2.45) is 10.9 Å². The van der Waals surface area contributed by atoms with E-state index >= 15 is 0 Å². The number of sulfonamides is 1. The normalized spacial score (nSPS) is 19.1. The summed E-state index contributed by atoms with van der Waals surface area (Å²) in [7, 11) is -3.64. The number of anilines is 1. The van der Waals surface area contributed by atoms with Crippen molar-refractivity contribution in [3.8, 4) is 0 Å². The topological polar surface area (TPSA) is 95.9 Å². The summed E-state index contributed by atoms with van der Waals surface area (Å²) < 4.78 is 26.4. The van der Waals surface area contributed by atoms with E-state index in [1.54, 1.807) is 23.1 Å². The van der Waals surface area contributed by atoms with Crippen molar-refractivity contribution in [2.75, 3.05) is 11.4 Å². The maximum absolute atomic E-state index is 13.7. The average Bonchev–Trinajstić information content (AvgIpc) is 3.67. The zero-order valence-electron chi connectivity index (χ0n) is 19.2. The number of nitrogens with zero attached hydrogens (tertiary/aromatic N) is 2. The summed E-state index contributed by atoms with van der Waals surface area (Å²) in [5, 5.41) is 0.0146. The van der Waals surface area contributed by atoms with Gasteiger partial charge in [0.1, 0.15) is 6.04 Å². The number of rotatable bonds is 8. The van der Waals surface area contributed by atoms with Gasteiger partial charge in [-0.3, -0.25) is 19.3 Å². The van der Waals surface area contributed by atoms with Crippen LogP contribution >= 0.6 is 11.6 Å². The third-order valence-corrected chi connectivity index (χ3v) is 8.40. The molecule has 4 rings (SSSR count). The number of hydrogen-bond acceptors (Lipinski definition) is 5. The van der Waals surface area contributed by atoms with E-state index in [0.717, 1.165) is 12.0 Å². The van der Waals surface area contributed by atoms with Crippen LogP contribution in [0.15, 0.2) is 53.5 Å². The van der Waals surface area contributed by atoms with Crippen LogP contribution in [0.25, 0.3) is 0 Å². The van der Waals surface area contributed by atoms with Crippen LogP contribution in [0.4, 0.5) is 5.69 Å². The molecule has 9 heteroatoms. The first-order chi connectivity index (χ1) is 16.2. The van der Waals surface area contributed by atoms with E-state index in [2.05, 4.69) is 4.72 Å². The number of amides is 2. The predicted molar refractivity (Wildman–Crippen MR) is 134 cm³/mol. The summed E-state index contributed by atoms with van der Waals surface area (Å²) in [6.45, 7) is 4.01. The van der Waals surface area contributed by atoms with E-state index in [9.17, 15) is 18.0 Å². The van der Waals surface area contributed by atoms with Crippen molar-refractivity contribution in [1.29, 1.82) is 0 Å². The van der Waals surface area contributed by atoms with Crippen molar-refractivity contribution in [3.05, 3.63) is 64.7 Å². The fourth-order valence-electron chi connectivity index (χ4n) is 4.01. The van der Waals surface area contributed by atoms with E-state index < -0.39 is 27.2 Å². The van der Waals surface area contributed by atoms with Gasteiger partial charge in [-0.1, -0.05) is 62.2 Å². The lowest BCUT2D eigenvalue weighted by Gasteiger charge is -2.27. The molecule has 0 aromatic heterocycles. The average molecular weight is 502 g/mol. The SMILES string of the molecule is CCC(C)[C@@H]1N=C(c2ccccc2)c2cc(Cl)ccc2N(CCC(=O)NS(=O)(=O)C2CC2)C1=O. The highest BCUT2D eigenvalue weighted by Crippen LogP contribution is 2.33. The quantitative estimate of drug-likeness (QED) is 0.592. The molecule has 2 aromatic carbocycles. The fraction of sp³-hybridized carbons (Fsp3) is 0.400. The standard InChI is InChI=1S/C25H28ClN3O4S/c1-3-16(2)23-25(31)29(14-13-22(30)28-34(32,33)19-10-11-19)21-12-9-18(26)15-20(21)24(27-23)17-7-5-4-6-8-17/h4-9,12,15-16,19,23H,3,10-11,13-14H2,1-2H3,(H,28,30)/t16?,23-/m0/s1. The van der Waals surface area contributed by atoms with Gasteiger partial charge < -0.3 is 4.90 Å². The molecule has 180 valence electrons. The minimum Gasteiger partial charge on any atom is -0.309 e. The minimum atomic E-state index is -3.64. The van der Waals surface area contributed by atoms with Crippen LogP contribution in [0.3, 0.4) is 0 Å². The van der Waals surface area contributed by atoms with Gasteiger partial charge in [0.2, 0.25) is 15.9 Å². The molecule has 1 saturated carbocycles. The van der Waals surface area contributed by atoms with E-state index in [1.807, 2.05) is 44.2 Å². The van der Waals surface area contributed by atoms with E-state index in [-0.39, 0.29) is 24.8 Å². The van der Waals surface area contributed by atoms with Gasteiger partial charge in [-0.15, -0.1) is 0 Å². The molecule has 2 aromatic rings. The summed E-state index contributed by atoms with van der Waals surface area (Å²) in [5.74, 6) is -0.881. The Labute approximate surface area is 205 Å². The summed E-state index contributed by atoms with van der Waals surface area (Å²) in [6, 6.07) is 14.2. The Bertz CT molecular complexity index is 1230.